The molecule has 1 fully saturated rings. The Balaban J connectivity index is 1.34. The van der Waals surface area contributed by atoms with Crippen molar-refractivity contribution in [2.75, 3.05) is 26.2 Å². The van der Waals surface area contributed by atoms with Crippen LogP contribution < -0.4 is 4.74 Å². The number of aromatic nitrogens is 1. The number of hydrogen-bond acceptors (Lipinski definition) is 5. The second-order valence-electron chi connectivity index (χ2n) is 7.59. The number of carbonyl (C=O) groups is 1. The van der Waals surface area contributed by atoms with Gasteiger partial charge in [0, 0.05) is 48.4 Å². The molecule has 5 rings (SSSR count). The van der Waals surface area contributed by atoms with Gasteiger partial charge in [-0.1, -0.05) is 36.4 Å². The lowest BCUT2D eigenvalue weighted by atomic mass is 9.86. The van der Waals surface area contributed by atoms with E-state index in [1.54, 1.807) is 11.3 Å². The van der Waals surface area contributed by atoms with Crippen LogP contribution in [-0.2, 0) is 11.3 Å². The fraction of sp³-hybridized carbons (Fsp3) is 0.304. The predicted octanol–water partition coefficient (Wildman–Crippen LogP) is 4.03. The number of amides is 1. The molecule has 5 nitrogen and oxygen atoms in total. The van der Waals surface area contributed by atoms with Gasteiger partial charge in [0.05, 0.1) is 12.5 Å². The van der Waals surface area contributed by atoms with Crippen molar-refractivity contribution >= 4 is 17.2 Å². The van der Waals surface area contributed by atoms with E-state index in [4.69, 9.17) is 4.74 Å². The van der Waals surface area contributed by atoms with Crippen LogP contribution in [0.2, 0.25) is 0 Å². The lowest BCUT2D eigenvalue weighted by Gasteiger charge is -2.37. The van der Waals surface area contributed by atoms with Gasteiger partial charge < -0.3 is 9.64 Å². The fourth-order valence-electron chi connectivity index (χ4n) is 4.15. The van der Waals surface area contributed by atoms with Crippen LogP contribution in [0.3, 0.4) is 0 Å². The number of aryl methyl sites for hydroxylation is 1. The summed E-state index contributed by atoms with van der Waals surface area (Å²) in [5, 5.41) is 3.24. The molecule has 0 atom stereocenters. The highest BCUT2D eigenvalue weighted by Crippen LogP contribution is 2.44. The van der Waals surface area contributed by atoms with Crippen LogP contribution in [0.25, 0.3) is 0 Å². The molecular weight excluding hydrogens is 382 g/mol. The van der Waals surface area contributed by atoms with Gasteiger partial charge in [-0.25, -0.2) is 4.98 Å². The maximum absolute atomic E-state index is 13.6. The summed E-state index contributed by atoms with van der Waals surface area (Å²) in [5.41, 5.74) is 2.99. The number of ether oxygens (including phenoxy) is 1. The second-order valence-corrected chi connectivity index (χ2v) is 8.54. The molecule has 3 heterocycles. The van der Waals surface area contributed by atoms with E-state index in [1.165, 1.54) is 0 Å². The van der Waals surface area contributed by atoms with E-state index in [9.17, 15) is 4.79 Å². The highest BCUT2D eigenvalue weighted by molar-refractivity contribution is 7.09. The molecule has 0 unspecified atom stereocenters. The average Bonchev–Trinajstić information content (AvgIpc) is 3.16. The zero-order chi connectivity index (χ0) is 19.8. The molecule has 1 aromatic heterocycles. The molecule has 0 N–H and O–H groups in total. The molecule has 2 aliphatic heterocycles. The maximum Gasteiger partial charge on any atom is 0.234 e. The number of para-hydroxylation sites is 2. The Kier molecular flexibility index (Phi) is 4.81. The largest absolute Gasteiger partial charge is 0.457 e. The first-order chi connectivity index (χ1) is 14.2. The van der Waals surface area contributed by atoms with E-state index < -0.39 is 0 Å². The summed E-state index contributed by atoms with van der Waals surface area (Å²) in [6.07, 6.45) is 0. The molecule has 29 heavy (non-hydrogen) atoms. The zero-order valence-electron chi connectivity index (χ0n) is 16.4. The molecule has 0 spiro atoms. The van der Waals surface area contributed by atoms with Crippen molar-refractivity contribution in [1.29, 1.82) is 0 Å². The summed E-state index contributed by atoms with van der Waals surface area (Å²) in [6.45, 7) is 6.12. The van der Waals surface area contributed by atoms with Crippen LogP contribution in [0.15, 0.2) is 53.9 Å². The second kappa shape index (κ2) is 7.61. The van der Waals surface area contributed by atoms with Crippen LogP contribution >= 0.6 is 11.3 Å². The van der Waals surface area contributed by atoms with Crippen molar-refractivity contribution in [3.05, 3.63) is 75.7 Å². The summed E-state index contributed by atoms with van der Waals surface area (Å²) >= 11 is 1.71. The molecule has 6 heteroatoms. The Morgan fingerprint density at radius 1 is 1.03 bits per heavy atom. The van der Waals surface area contributed by atoms with Gasteiger partial charge in [0.2, 0.25) is 5.91 Å². The van der Waals surface area contributed by atoms with Gasteiger partial charge in [0.15, 0.2) is 0 Å². The molecule has 148 valence electrons. The van der Waals surface area contributed by atoms with E-state index in [2.05, 4.69) is 15.3 Å². The lowest BCUT2D eigenvalue weighted by Crippen LogP contribution is -2.49. The number of rotatable bonds is 3. The van der Waals surface area contributed by atoms with Crippen molar-refractivity contribution < 1.29 is 9.53 Å². The zero-order valence-corrected chi connectivity index (χ0v) is 17.2. The first-order valence-corrected chi connectivity index (χ1v) is 10.8. The average molecular weight is 406 g/mol. The van der Waals surface area contributed by atoms with Crippen molar-refractivity contribution in [2.45, 2.75) is 19.4 Å². The minimum atomic E-state index is -0.302. The van der Waals surface area contributed by atoms with Crippen molar-refractivity contribution in [2.24, 2.45) is 0 Å². The van der Waals surface area contributed by atoms with Gasteiger partial charge in [0.25, 0.3) is 0 Å². The number of fused-ring (bicyclic) bond motifs is 2. The van der Waals surface area contributed by atoms with Crippen molar-refractivity contribution in [3.8, 4) is 11.5 Å². The van der Waals surface area contributed by atoms with E-state index in [0.29, 0.717) is 0 Å². The lowest BCUT2D eigenvalue weighted by molar-refractivity contribution is -0.133. The third kappa shape index (κ3) is 3.54. The molecule has 1 saturated heterocycles. The predicted molar refractivity (Wildman–Crippen MR) is 114 cm³/mol. The van der Waals surface area contributed by atoms with Gasteiger partial charge in [-0.05, 0) is 19.1 Å². The fourth-order valence-corrected chi connectivity index (χ4v) is 4.96. The normalized spacial score (nSPS) is 16.8. The van der Waals surface area contributed by atoms with E-state index in [-0.39, 0.29) is 11.8 Å². The first kappa shape index (κ1) is 18.3. The Morgan fingerprint density at radius 2 is 1.66 bits per heavy atom. The maximum atomic E-state index is 13.6. The summed E-state index contributed by atoms with van der Waals surface area (Å²) < 4.78 is 6.05. The quantitative estimate of drug-likeness (QED) is 0.660. The molecule has 2 aliphatic rings. The highest BCUT2D eigenvalue weighted by Gasteiger charge is 2.36. The van der Waals surface area contributed by atoms with Gasteiger partial charge in [0.1, 0.15) is 16.5 Å². The number of thiazole rings is 1. The van der Waals surface area contributed by atoms with Crippen molar-refractivity contribution in [1.82, 2.24) is 14.8 Å². The standard InChI is InChI=1S/C23H23N3O2S/c1-16-15-29-21(24-16)14-25-10-12-26(13-11-25)23(27)22-17-6-2-4-8-19(17)28-20-9-5-3-7-18(20)22/h2-9,15,22H,10-14H2,1H3. The van der Waals surface area contributed by atoms with Gasteiger partial charge in [-0.15, -0.1) is 11.3 Å². The number of carbonyl (C=O) groups excluding carboxylic acids is 1. The van der Waals surface area contributed by atoms with Crippen LogP contribution in [0.1, 0.15) is 27.7 Å². The van der Waals surface area contributed by atoms with E-state index in [0.717, 1.165) is 66.1 Å². The van der Waals surface area contributed by atoms with E-state index in [1.807, 2.05) is 60.4 Å². The smallest absolute Gasteiger partial charge is 0.234 e. The minimum Gasteiger partial charge on any atom is -0.457 e. The summed E-state index contributed by atoms with van der Waals surface area (Å²) in [4.78, 5) is 22.5. The van der Waals surface area contributed by atoms with Crippen LogP contribution in [0, 0.1) is 6.92 Å². The van der Waals surface area contributed by atoms with Gasteiger partial charge in [-0.3, -0.25) is 9.69 Å². The summed E-state index contributed by atoms with van der Waals surface area (Å²) in [6, 6.07) is 15.8. The molecule has 2 aromatic carbocycles. The monoisotopic (exact) mass is 405 g/mol. The first-order valence-electron chi connectivity index (χ1n) is 9.97. The number of benzene rings is 2. The molecule has 0 aliphatic carbocycles. The SMILES string of the molecule is Cc1csc(CN2CCN(C(=O)C3c4ccccc4Oc4ccccc43)CC2)n1. The Morgan fingerprint density at radius 3 is 2.24 bits per heavy atom. The van der Waals surface area contributed by atoms with Crippen molar-refractivity contribution in [3.63, 3.8) is 0 Å². The number of hydrogen-bond donors (Lipinski definition) is 0. The minimum absolute atomic E-state index is 0.165. The third-order valence-electron chi connectivity index (χ3n) is 5.64. The van der Waals surface area contributed by atoms with Gasteiger partial charge in [-0.2, -0.15) is 0 Å². The molecular formula is C23H23N3O2S. The molecule has 1 amide bonds. The summed E-state index contributed by atoms with van der Waals surface area (Å²) in [7, 11) is 0. The van der Waals surface area contributed by atoms with Crippen LogP contribution in [0.5, 0.6) is 11.5 Å². The molecule has 0 saturated carbocycles. The number of nitrogens with zero attached hydrogens (tertiary/aromatic N) is 3. The molecule has 3 aromatic rings. The van der Waals surface area contributed by atoms with E-state index >= 15 is 0 Å². The van der Waals surface area contributed by atoms with Crippen LogP contribution in [0.4, 0.5) is 0 Å². The number of piperazine rings is 1. The Labute approximate surface area is 174 Å². The molecule has 0 radical (unpaired) electrons. The Bertz CT molecular complexity index is 994. The highest BCUT2D eigenvalue weighted by atomic mass is 32.1. The van der Waals surface area contributed by atoms with Gasteiger partial charge >= 0.3 is 0 Å². The summed E-state index contributed by atoms with van der Waals surface area (Å²) in [5.74, 6) is 1.42. The third-order valence-corrected chi connectivity index (χ3v) is 6.59. The topological polar surface area (TPSA) is 45.7 Å². The Hall–Kier alpha value is -2.70. The molecule has 0 bridgehead atoms. The van der Waals surface area contributed by atoms with Crippen LogP contribution in [-0.4, -0.2) is 46.9 Å².